The van der Waals surface area contributed by atoms with E-state index in [0.29, 0.717) is 5.56 Å². The van der Waals surface area contributed by atoms with Crippen LogP contribution in [0, 0.1) is 0 Å². The number of hydrogen-bond donors (Lipinski definition) is 0. The quantitative estimate of drug-likeness (QED) is 0.805. The standard InChI is InChI=1S/C15H13F3O4/c1-2-21-13(20)14(15(16,17)18)9-11(8-12(19)22-14)10-6-4-3-5-7-10/h3-8H,2,9H2,1H3/t14-/m1/s1. The Balaban J connectivity index is 2.47. The minimum Gasteiger partial charge on any atom is -0.463 e. The van der Waals surface area contributed by atoms with Gasteiger partial charge in [0, 0.05) is 12.5 Å². The Morgan fingerprint density at radius 3 is 2.50 bits per heavy atom. The molecule has 22 heavy (non-hydrogen) atoms. The number of cyclic esters (lactones) is 1. The van der Waals surface area contributed by atoms with Crippen LogP contribution in [0.4, 0.5) is 13.2 Å². The van der Waals surface area contributed by atoms with Crippen molar-refractivity contribution in [1.82, 2.24) is 0 Å². The third kappa shape index (κ3) is 2.84. The van der Waals surface area contributed by atoms with Gasteiger partial charge in [-0.25, -0.2) is 9.59 Å². The monoisotopic (exact) mass is 314 g/mol. The number of alkyl halides is 3. The molecule has 0 aliphatic carbocycles. The lowest BCUT2D eigenvalue weighted by atomic mass is 9.87. The highest BCUT2D eigenvalue weighted by Crippen LogP contribution is 2.44. The van der Waals surface area contributed by atoms with E-state index in [1.165, 1.54) is 6.92 Å². The number of rotatable bonds is 3. The van der Waals surface area contributed by atoms with Crippen molar-refractivity contribution in [2.75, 3.05) is 6.61 Å². The van der Waals surface area contributed by atoms with Gasteiger partial charge in [-0.3, -0.25) is 0 Å². The smallest absolute Gasteiger partial charge is 0.439 e. The first kappa shape index (κ1) is 16.1. The Hall–Kier alpha value is -2.31. The average Bonchev–Trinajstić information content (AvgIpc) is 2.46. The van der Waals surface area contributed by atoms with Gasteiger partial charge in [-0.15, -0.1) is 0 Å². The normalized spacial score (nSPS) is 21.8. The van der Waals surface area contributed by atoms with Gasteiger partial charge >= 0.3 is 23.7 Å². The van der Waals surface area contributed by atoms with Crippen LogP contribution in [-0.4, -0.2) is 30.3 Å². The van der Waals surface area contributed by atoms with Crippen LogP contribution in [0.1, 0.15) is 18.9 Å². The molecule has 0 radical (unpaired) electrons. The molecule has 0 saturated carbocycles. The lowest BCUT2D eigenvalue weighted by Gasteiger charge is -2.35. The molecular weight excluding hydrogens is 301 g/mol. The molecule has 1 aliphatic heterocycles. The lowest BCUT2D eigenvalue weighted by Crippen LogP contribution is -2.57. The largest absolute Gasteiger partial charge is 0.463 e. The molecule has 1 heterocycles. The summed E-state index contributed by atoms with van der Waals surface area (Å²) in [6, 6.07) is 8.03. The minimum atomic E-state index is -5.08. The van der Waals surface area contributed by atoms with Crippen LogP contribution in [-0.2, 0) is 19.1 Å². The Bertz CT molecular complexity index is 607. The SMILES string of the molecule is CCOC(=O)[C@@]1(C(F)(F)F)CC(c2ccccc2)=CC(=O)O1. The van der Waals surface area contributed by atoms with Crippen molar-refractivity contribution in [3.63, 3.8) is 0 Å². The molecule has 0 aromatic heterocycles. The number of carbonyl (C=O) groups is 2. The van der Waals surface area contributed by atoms with Gasteiger partial charge in [-0.2, -0.15) is 13.2 Å². The van der Waals surface area contributed by atoms with Crippen molar-refractivity contribution in [1.29, 1.82) is 0 Å². The molecule has 1 aliphatic rings. The first-order valence-corrected chi connectivity index (χ1v) is 6.53. The first-order chi connectivity index (χ1) is 10.3. The molecule has 0 unspecified atom stereocenters. The highest BCUT2D eigenvalue weighted by atomic mass is 19.4. The molecule has 118 valence electrons. The molecule has 4 nitrogen and oxygen atoms in total. The van der Waals surface area contributed by atoms with E-state index in [0.717, 1.165) is 6.08 Å². The third-order valence-corrected chi connectivity index (χ3v) is 3.21. The van der Waals surface area contributed by atoms with E-state index in [4.69, 9.17) is 0 Å². The summed E-state index contributed by atoms with van der Waals surface area (Å²) in [7, 11) is 0. The number of hydrogen-bond acceptors (Lipinski definition) is 4. The van der Waals surface area contributed by atoms with Gasteiger partial charge in [0.1, 0.15) is 0 Å². The molecule has 7 heteroatoms. The summed E-state index contributed by atoms with van der Waals surface area (Å²) in [6.07, 6.45) is -4.94. The van der Waals surface area contributed by atoms with E-state index in [-0.39, 0.29) is 12.2 Å². The number of carbonyl (C=O) groups excluding carboxylic acids is 2. The predicted octanol–water partition coefficient (Wildman–Crippen LogP) is 2.88. The van der Waals surface area contributed by atoms with Crippen LogP contribution in [0.15, 0.2) is 36.4 Å². The van der Waals surface area contributed by atoms with Gasteiger partial charge in [-0.05, 0) is 18.1 Å². The van der Waals surface area contributed by atoms with Gasteiger partial charge in [0.05, 0.1) is 6.61 Å². The summed E-state index contributed by atoms with van der Waals surface area (Å²) in [4.78, 5) is 23.5. The summed E-state index contributed by atoms with van der Waals surface area (Å²) < 4.78 is 49.2. The fraction of sp³-hybridized carbons (Fsp3) is 0.333. The van der Waals surface area contributed by atoms with Crippen LogP contribution in [0.2, 0.25) is 0 Å². The Labute approximate surface area is 124 Å². The number of esters is 2. The van der Waals surface area contributed by atoms with Gasteiger partial charge in [0.15, 0.2) is 0 Å². The third-order valence-electron chi connectivity index (χ3n) is 3.21. The zero-order valence-corrected chi connectivity index (χ0v) is 11.6. The molecule has 0 saturated heterocycles. The Kier molecular flexibility index (Phi) is 4.25. The highest BCUT2D eigenvalue weighted by molar-refractivity contribution is 5.98. The van der Waals surface area contributed by atoms with Crippen molar-refractivity contribution in [3.05, 3.63) is 42.0 Å². The second-order valence-corrected chi connectivity index (χ2v) is 4.68. The molecule has 0 N–H and O–H groups in total. The minimum absolute atomic E-state index is 0.0715. The van der Waals surface area contributed by atoms with E-state index in [2.05, 4.69) is 9.47 Å². The zero-order chi connectivity index (χ0) is 16.4. The van der Waals surface area contributed by atoms with Gasteiger partial charge in [0.25, 0.3) is 0 Å². The van der Waals surface area contributed by atoms with Crippen molar-refractivity contribution in [3.8, 4) is 0 Å². The average molecular weight is 314 g/mol. The molecular formula is C15H13F3O4. The van der Waals surface area contributed by atoms with E-state index >= 15 is 0 Å². The molecule has 0 spiro atoms. The summed E-state index contributed by atoms with van der Waals surface area (Å²) in [5.74, 6) is -2.84. The van der Waals surface area contributed by atoms with Crippen molar-refractivity contribution in [2.24, 2.45) is 0 Å². The Morgan fingerprint density at radius 2 is 1.95 bits per heavy atom. The van der Waals surface area contributed by atoms with Gasteiger partial charge in [0.2, 0.25) is 0 Å². The molecule has 1 aromatic rings. The topological polar surface area (TPSA) is 52.6 Å². The molecule has 1 aromatic carbocycles. The summed E-state index contributed by atoms with van der Waals surface area (Å²) in [5.41, 5.74) is -2.82. The molecule has 1 atom stereocenters. The van der Waals surface area contributed by atoms with Crippen LogP contribution in [0.3, 0.4) is 0 Å². The second-order valence-electron chi connectivity index (χ2n) is 4.68. The van der Waals surface area contributed by atoms with E-state index in [1.807, 2.05) is 0 Å². The number of benzene rings is 1. The van der Waals surface area contributed by atoms with E-state index < -0.39 is 30.1 Å². The number of halogens is 3. The van der Waals surface area contributed by atoms with Crippen molar-refractivity contribution < 1.29 is 32.2 Å². The van der Waals surface area contributed by atoms with Crippen LogP contribution < -0.4 is 0 Å². The highest BCUT2D eigenvalue weighted by Gasteiger charge is 2.66. The molecule has 2 rings (SSSR count). The Morgan fingerprint density at radius 1 is 1.32 bits per heavy atom. The molecule has 0 amide bonds. The van der Waals surface area contributed by atoms with Crippen LogP contribution in [0.5, 0.6) is 0 Å². The maximum absolute atomic E-state index is 13.4. The summed E-state index contributed by atoms with van der Waals surface area (Å²) >= 11 is 0. The van der Waals surface area contributed by atoms with Crippen LogP contribution >= 0.6 is 0 Å². The van der Waals surface area contributed by atoms with Gasteiger partial charge in [-0.1, -0.05) is 30.3 Å². The van der Waals surface area contributed by atoms with Crippen molar-refractivity contribution >= 4 is 17.5 Å². The zero-order valence-electron chi connectivity index (χ0n) is 11.6. The predicted molar refractivity (Wildman–Crippen MR) is 70.5 cm³/mol. The second kappa shape index (κ2) is 5.82. The first-order valence-electron chi connectivity index (χ1n) is 6.53. The number of ether oxygens (including phenoxy) is 2. The summed E-state index contributed by atoms with van der Waals surface area (Å²) in [5, 5.41) is 0. The fourth-order valence-electron chi connectivity index (χ4n) is 2.17. The van der Waals surface area contributed by atoms with E-state index in [9.17, 15) is 22.8 Å². The fourth-order valence-corrected chi connectivity index (χ4v) is 2.17. The summed E-state index contributed by atoms with van der Waals surface area (Å²) in [6.45, 7) is 1.12. The van der Waals surface area contributed by atoms with Crippen LogP contribution in [0.25, 0.3) is 5.57 Å². The lowest BCUT2D eigenvalue weighted by molar-refractivity contribution is -0.269. The van der Waals surface area contributed by atoms with Gasteiger partial charge < -0.3 is 9.47 Å². The maximum atomic E-state index is 13.4. The van der Waals surface area contributed by atoms with Crippen molar-refractivity contribution in [2.45, 2.75) is 25.1 Å². The van der Waals surface area contributed by atoms with E-state index in [1.54, 1.807) is 30.3 Å². The molecule has 0 bridgehead atoms. The molecule has 0 fully saturated rings. The maximum Gasteiger partial charge on any atom is 0.439 e.